The summed E-state index contributed by atoms with van der Waals surface area (Å²) in [5.41, 5.74) is 5.94. The summed E-state index contributed by atoms with van der Waals surface area (Å²) in [7, 11) is 0. The van der Waals surface area contributed by atoms with Crippen LogP contribution in [0.5, 0.6) is 0 Å². The summed E-state index contributed by atoms with van der Waals surface area (Å²) in [5, 5.41) is 4.61. The van der Waals surface area contributed by atoms with Gasteiger partial charge in [-0.15, -0.1) is 0 Å². The summed E-state index contributed by atoms with van der Waals surface area (Å²) < 4.78 is 16.7. The molecular weight excluding hydrogens is 353 g/mol. The summed E-state index contributed by atoms with van der Waals surface area (Å²) in [6.45, 7) is 3.92. The Morgan fingerprint density at radius 2 is 1.86 bits per heavy atom. The van der Waals surface area contributed by atoms with E-state index in [2.05, 4.69) is 20.1 Å². The molecule has 5 rings (SSSR count). The number of nitrogens with zero attached hydrogens (tertiary/aromatic N) is 5. The second kappa shape index (κ2) is 6.62. The van der Waals surface area contributed by atoms with Gasteiger partial charge in [-0.2, -0.15) is 5.10 Å². The summed E-state index contributed by atoms with van der Waals surface area (Å²) in [6, 6.07) is 5.32. The Morgan fingerprint density at radius 3 is 2.68 bits per heavy atom. The lowest BCUT2D eigenvalue weighted by Gasteiger charge is -2.20. The maximum absolute atomic E-state index is 14.9. The third-order valence-corrected chi connectivity index (χ3v) is 5.67. The molecule has 0 unspecified atom stereocenters. The third kappa shape index (κ3) is 2.93. The van der Waals surface area contributed by atoms with E-state index >= 15 is 0 Å². The zero-order chi connectivity index (χ0) is 19.3. The van der Waals surface area contributed by atoms with Crippen LogP contribution in [0.25, 0.3) is 27.9 Å². The van der Waals surface area contributed by atoms with Crippen molar-refractivity contribution in [2.24, 2.45) is 0 Å². The number of hydrogen-bond donors (Lipinski definition) is 0. The van der Waals surface area contributed by atoms with E-state index in [4.69, 9.17) is 0 Å². The predicted octanol–water partition coefficient (Wildman–Crippen LogP) is 5.14. The minimum Gasteiger partial charge on any atom is -0.253 e. The fraction of sp³-hybridized carbons (Fsp3) is 0.364. The first kappa shape index (κ1) is 17.2. The van der Waals surface area contributed by atoms with Gasteiger partial charge in [0.25, 0.3) is 0 Å². The van der Waals surface area contributed by atoms with E-state index < -0.39 is 0 Å². The fourth-order valence-corrected chi connectivity index (χ4v) is 4.22. The Bertz CT molecular complexity index is 1190. The van der Waals surface area contributed by atoms with E-state index in [0.717, 1.165) is 35.4 Å². The Kier molecular flexibility index (Phi) is 4.07. The van der Waals surface area contributed by atoms with Crippen molar-refractivity contribution < 1.29 is 4.39 Å². The molecule has 0 N–H and O–H groups in total. The van der Waals surface area contributed by atoms with Gasteiger partial charge >= 0.3 is 0 Å². The van der Waals surface area contributed by atoms with E-state index in [-0.39, 0.29) is 5.82 Å². The van der Waals surface area contributed by atoms with Gasteiger partial charge in [-0.25, -0.2) is 18.9 Å². The van der Waals surface area contributed by atoms with Crippen LogP contribution >= 0.6 is 0 Å². The Labute approximate surface area is 162 Å². The number of fused-ring (bicyclic) bond motifs is 2. The van der Waals surface area contributed by atoms with Gasteiger partial charge in [-0.05, 0) is 50.5 Å². The van der Waals surface area contributed by atoms with Crippen LogP contribution in [0.1, 0.15) is 55.0 Å². The Balaban J connectivity index is 1.59. The molecule has 1 fully saturated rings. The average Bonchev–Trinajstić information content (AvgIpc) is 3.09. The van der Waals surface area contributed by atoms with Crippen LogP contribution in [0.15, 0.2) is 30.6 Å². The molecular formula is C22H22FN5. The molecule has 3 aromatic heterocycles. The molecule has 0 atom stereocenters. The minimum absolute atomic E-state index is 0.348. The lowest BCUT2D eigenvalue weighted by atomic mass is 9.87. The van der Waals surface area contributed by atoms with E-state index in [0.29, 0.717) is 28.2 Å². The highest BCUT2D eigenvalue weighted by Gasteiger charge is 2.19. The Hall–Kier alpha value is -2.89. The summed E-state index contributed by atoms with van der Waals surface area (Å²) in [6.07, 6.45) is 9.64. The number of hydrogen-bond acceptors (Lipinski definition) is 4. The second-order valence-corrected chi connectivity index (χ2v) is 7.82. The molecule has 5 nitrogen and oxygen atoms in total. The highest BCUT2D eigenvalue weighted by molar-refractivity contribution is 5.81. The van der Waals surface area contributed by atoms with Crippen molar-refractivity contribution in [2.45, 2.75) is 51.9 Å². The zero-order valence-electron chi connectivity index (χ0n) is 16.1. The standard InChI is InChI=1S/C22H22FN5/c1-13-8-18(27-28-12-14(2)25-22(13)28)16-9-17(23)21-19(10-16)24-11-20(26-21)15-6-4-3-5-7-15/h8-12,15H,3-7H2,1-2H3. The lowest BCUT2D eigenvalue weighted by Crippen LogP contribution is -2.07. The number of halogens is 1. The molecule has 1 aliphatic carbocycles. The monoisotopic (exact) mass is 375 g/mol. The van der Waals surface area contributed by atoms with Crippen LogP contribution in [0.4, 0.5) is 4.39 Å². The van der Waals surface area contributed by atoms with E-state index in [1.807, 2.05) is 38.4 Å². The summed E-state index contributed by atoms with van der Waals surface area (Å²) in [4.78, 5) is 13.6. The minimum atomic E-state index is -0.348. The zero-order valence-corrected chi connectivity index (χ0v) is 16.1. The largest absolute Gasteiger partial charge is 0.253 e. The molecule has 3 heterocycles. The molecule has 1 aliphatic rings. The lowest BCUT2D eigenvalue weighted by molar-refractivity contribution is 0.436. The van der Waals surface area contributed by atoms with Gasteiger partial charge in [0, 0.05) is 17.7 Å². The fourth-order valence-electron chi connectivity index (χ4n) is 4.22. The van der Waals surface area contributed by atoms with E-state index in [1.165, 1.54) is 25.3 Å². The van der Waals surface area contributed by atoms with Crippen LogP contribution in [-0.2, 0) is 0 Å². The topological polar surface area (TPSA) is 56.0 Å². The number of benzene rings is 1. The Morgan fingerprint density at radius 1 is 1.04 bits per heavy atom. The van der Waals surface area contributed by atoms with Crippen molar-refractivity contribution in [1.82, 2.24) is 24.6 Å². The van der Waals surface area contributed by atoms with Gasteiger partial charge in [-0.3, -0.25) is 4.98 Å². The molecule has 1 aromatic carbocycles. The van der Waals surface area contributed by atoms with Crippen LogP contribution in [0.2, 0.25) is 0 Å². The van der Waals surface area contributed by atoms with Crippen LogP contribution in [0.3, 0.4) is 0 Å². The smallest absolute Gasteiger partial charge is 0.156 e. The highest BCUT2D eigenvalue weighted by Crippen LogP contribution is 2.33. The quantitative estimate of drug-likeness (QED) is 0.487. The first-order valence-electron chi connectivity index (χ1n) is 9.89. The van der Waals surface area contributed by atoms with Gasteiger partial charge in [-0.1, -0.05) is 19.3 Å². The molecule has 6 heteroatoms. The highest BCUT2D eigenvalue weighted by atomic mass is 19.1. The van der Waals surface area contributed by atoms with Gasteiger partial charge in [0.1, 0.15) is 5.52 Å². The van der Waals surface area contributed by atoms with Crippen LogP contribution < -0.4 is 0 Å². The molecule has 0 aliphatic heterocycles. The van der Waals surface area contributed by atoms with Crippen molar-refractivity contribution in [2.75, 3.05) is 0 Å². The van der Waals surface area contributed by atoms with E-state index in [1.54, 1.807) is 4.52 Å². The molecule has 0 amide bonds. The maximum atomic E-state index is 14.9. The SMILES string of the molecule is Cc1cn2nc(-c3cc(F)c4nc(C5CCCCC5)cnc4c3)cc(C)c2n1. The van der Waals surface area contributed by atoms with Crippen LogP contribution in [0, 0.1) is 19.7 Å². The molecule has 0 spiro atoms. The van der Waals surface area contributed by atoms with E-state index in [9.17, 15) is 4.39 Å². The number of aryl methyl sites for hydroxylation is 2. The normalized spacial score (nSPS) is 15.5. The van der Waals surface area contributed by atoms with Crippen molar-refractivity contribution in [3.63, 3.8) is 0 Å². The molecule has 4 aromatic rings. The number of aromatic nitrogens is 5. The van der Waals surface area contributed by atoms with Gasteiger partial charge in [0.05, 0.1) is 28.8 Å². The molecule has 28 heavy (non-hydrogen) atoms. The van der Waals surface area contributed by atoms with Crippen LogP contribution in [-0.4, -0.2) is 24.6 Å². The summed E-state index contributed by atoms with van der Waals surface area (Å²) >= 11 is 0. The molecule has 142 valence electrons. The van der Waals surface area contributed by atoms with Crippen molar-refractivity contribution in [3.8, 4) is 11.3 Å². The molecule has 0 radical (unpaired) electrons. The second-order valence-electron chi connectivity index (χ2n) is 7.82. The number of imidazole rings is 1. The van der Waals surface area contributed by atoms with Crippen molar-refractivity contribution in [3.05, 3.63) is 53.4 Å². The first-order valence-corrected chi connectivity index (χ1v) is 9.89. The van der Waals surface area contributed by atoms with Gasteiger partial charge in [0.2, 0.25) is 0 Å². The van der Waals surface area contributed by atoms with Crippen molar-refractivity contribution >= 4 is 16.7 Å². The molecule has 1 saturated carbocycles. The predicted molar refractivity (Wildman–Crippen MR) is 107 cm³/mol. The first-order chi connectivity index (χ1) is 13.6. The maximum Gasteiger partial charge on any atom is 0.156 e. The molecule has 0 bridgehead atoms. The third-order valence-electron chi connectivity index (χ3n) is 5.67. The number of rotatable bonds is 2. The summed E-state index contributed by atoms with van der Waals surface area (Å²) in [5.74, 6) is 0.0555. The van der Waals surface area contributed by atoms with Gasteiger partial charge in [0.15, 0.2) is 11.5 Å². The average molecular weight is 375 g/mol. The molecule has 0 saturated heterocycles. The van der Waals surface area contributed by atoms with Crippen molar-refractivity contribution in [1.29, 1.82) is 0 Å². The van der Waals surface area contributed by atoms with Gasteiger partial charge < -0.3 is 0 Å².